The predicted molar refractivity (Wildman–Crippen MR) is 116 cm³/mol. The van der Waals surface area contributed by atoms with Crippen LogP contribution in [0.4, 0.5) is 0 Å². The highest BCUT2D eigenvalue weighted by Crippen LogP contribution is 2.53. The van der Waals surface area contributed by atoms with Crippen molar-refractivity contribution in [3.05, 3.63) is 65.2 Å². The number of hydrogen-bond donors (Lipinski definition) is 1. The molecule has 0 amide bonds. The lowest BCUT2D eigenvalue weighted by Gasteiger charge is -2.49. The van der Waals surface area contributed by atoms with E-state index in [2.05, 4.69) is 103 Å². The molecule has 26 heavy (non-hydrogen) atoms. The summed E-state index contributed by atoms with van der Waals surface area (Å²) < 4.78 is 0. The van der Waals surface area contributed by atoms with Crippen molar-refractivity contribution in [2.75, 3.05) is 0 Å². The van der Waals surface area contributed by atoms with E-state index in [1.165, 1.54) is 36.0 Å². The molecule has 0 aromatic heterocycles. The number of benzene rings is 2. The van der Waals surface area contributed by atoms with E-state index in [9.17, 15) is 0 Å². The van der Waals surface area contributed by atoms with E-state index >= 15 is 0 Å². The maximum absolute atomic E-state index is 4.51. The van der Waals surface area contributed by atoms with Gasteiger partial charge in [0.2, 0.25) is 0 Å². The van der Waals surface area contributed by atoms with Crippen LogP contribution in [0.2, 0.25) is 0 Å². The van der Waals surface area contributed by atoms with Crippen LogP contribution in [0.25, 0.3) is 0 Å². The molecule has 0 aliphatic heterocycles. The molecular formula is C25H34S. The molecule has 2 aromatic carbocycles. The topological polar surface area (TPSA) is 0 Å². The van der Waals surface area contributed by atoms with E-state index in [4.69, 9.17) is 0 Å². The van der Waals surface area contributed by atoms with Crippen LogP contribution in [-0.4, -0.2) is 0 Å². The zero-order valence-electron chi connectivity index (χ0n) is 17.3. The lowest BCUT2D eigenvalue weighted by molar-refractivity contribution is 0.127. The molecule has 3 rings (SSSR count). The Bertz CT molecular complexity index is 746. The fraction of sp³-hybridized carbons (Fsp3) is 0.520. The Labute approximate surface area is 165 Å². The zero-order valence-corrected chi connectivity index (χ0v) is 18.2. The minimum Gasteiger partial charge on any atom is -0.143 e. The molecule has 2 unspecified atom stereocenters. The van der Waals surface area contributed by atoms with Crippen LogP contribution in [0.3, 0.4) is 0 Å². The number of rotatable bonds is 2. The first-order valence-electron chi connectivity index (χ1n) is 9.92. The van der Waals surface area contributed by atoms with Crippen molar-refractivity contribution in [3.63, 3.8) is 0 Å². The molecule has 2 atom stereocenters. The third kappa shape index (κ3) is 3.88. The minimum absolute atomic E-state index is 0.0963. The zero-order chi connectivity index (χ0) is 19.2. The molecule has 0 spiro atoms. The smallest absolute Gasteiger partial charge is 0.0210 e. The highest BCUT2D eigenvalue weighted by atomic mass is 32.1. The van der Waals surface area contributed by atoms with Crippen LogP contribution in [0.1, 0.15) is 77.5 Å². The van der Waals surface area contributed by atoms with Gasteiger partial charge in [0.05, 0.1) is 0 Å². The lowest BCUT2D eigenvalue weighted by Crippen LogP contribution is -2.41. The van der Waals surface area contributed by atoms with E-state index in [-0.39, 0.29) is 10.8 Å². The van der Waals surface area contributed by atoms with E-state index in [0.29, 0.717) is 5.41 Å². The Kier molecular flexibility index (Phi) is 5.07. The van der Waals surface area contributed by atoms with E-state index < -0.39 is 0 Å². The Hall–Kier alpha value is -1.21. The fourth-order valence-corrected chi connectivity index (χ4v) is 5.40. The molecule has 1 aliphatic rings. The first-order valence-corrected chi connectivity index (χ1v) is 10.4. The van der Waals surface area contributed by atoms with Crippen molar-refractivity contribution in [3.8, 4) is 0 Å². The molecule has 0 bridgehead atoms. The predicted octanol–water partition coefficient (Wildman–Crippen LogP) is 7.41. The molecular weight excluding hydrogens is 332 g/mol. The van der Waals surface area contributed by atoms with Gasteiger partial charge in [-0.25, -0.2) is 0 Å². The van der Waals surface area contributed by atoms with E-state index in [1.807, 2.05) is 0 Å². The van der Waals surface area contributed by atoms with Crippen LogP contribution in [0, 0.1) is 11.3 Å². The summed E-state index contributed by atoms with van der Waals surface area (Å²) in [6.07, 6.45) is 3.72. The van der Waals surface area contributed by atoms with Crippen molar-refractivity contribution < 1.29 is 0 Å². The van der Waals surface area contributed by atoms with Crippen LogP contribution in [0.5, 0.6) is 0 Å². The SMILES string of the molecule is CC1CC(C)(C)CC(c2ccc(S)cc2)(c2ccc(C(C)(C)C)cc2)C1. The summed E-state index contributed by atoms with van der Waals surface area (Å²) in [4.78, 5) is 1.04. The van der Waals surface area contributed by atoms with Crippen molar-refractivity contribution >= 4 is 12.6 Å². The Balaban J connectivity index is 2.13. The largest absolute Gasteiger partial charge is 0.143 e. The molecule has 0 saturated heterocycles. The van der Waals surface area contributed by atoms with Crippen LogP contribution in [0.15, 0.2) is 53.4 Å². The molecule has 0 heterocycles. The van der Waals surface area contributed by atoms with Crippen molar-refractivity contribution in [1.29, 1.82) is 0 Å². The lowest BCUT2D eigenvalue weighted by atomic mass is 9.55. The molecule has 0 radical (unpaired) electrons. The minimum atomic E-state index is 0.0963. The highest BCUT2D eigenvalue weighted by molar-refractivity contribution is 7.80. The molecule has 2 aromatic rings. The third-order valence-corrected chi connectivity index (χ3v) is 6.40. The van der Waals surface area contributed by atoms with Gasteiger partial charge in [-0.05, 0) is 64.8 Å². The van der Waals surface area contributed by atoms with Gasteiger partial charge in [-0.1, -0.05) is 77.9 Å². The maximum atomic E-state index is 4.51. The molecule has 140 valence electrons. The monoisotopic (exact) mass is 366 g/mol. The van der Waals surface area contributed by atoms with Crippen LogP contribution in [-0.2, 0) is 10.8 Å². The van der Waals surface area contributed by atoms with Gasteiger partial charge in [-0.3, -0.25) is 0 Å². The van der Waals surface area contributed by atoms with Gasteiger partial charge in [-0.15, -0.1) is 12.6 Å². The Morgan fingerprint density at radius 1 is 0.846 bits per heavy atom. The second-order valence-electron chi connectivity index (χ2n) is 10.3. The molecule has 0 nitrogen and oxygen atoms in total. The van der Waals surface area contributed by atoms with Gasteiger partial charge in [0.1, 0.15) is 0 Å². The standard InChI is InChI=1S/C25H34S/c1-18-15-24(5,6)17-25(16-18,21-11-13-22(26)14-12-21)20-9-7-19(8-10-20)23(2,3)4/h7-14,18,26H,15-17H2,1-6H3. The average Bonchev–Trinajstić information content (AvgIpc) is 2.53. The van der Waals surface area contributed by atoms with Gasteiger partial charge in [0.25, 0.3) is 0 Å². The first-order chi connectivity index (χ1) is 12.0. The summed E-state index contributed by atoms with van der Waals surface area (Å²) in [5, 5.41) is 0. The van der Waals surface area contributed by atoms with E-state index in [0.717, 1.165) is 10.8 Å². The van der Waals surface area contributed by atoms with Gasteiger partial charge in [-0.2, -0.15) is 0 Å². The third-order valence-electron chi connectivity index (χ3n) is 6.10. The normalized spacial score (nSPS) is 25.9. The average molecular weight is 367 g/mol. The van der Waals surface area contributed by atoms with Crippen LogP contribution >= 0.6 is 12.6 Å². The summed E-state index contributed by atoms with van der Waals surface area (Å²) in [7, 11) is 0. The highest BCUT2D eigenvalue weighted by Gasteiger charge is 2.45. The van der Waals surface area contributed by atoms with Gasteiger partial charge in [0.15, 0.2) is 0 Å². The second kappa shape index (κ2) is 6.75. The van der Waals surface area contributed by atoms with Gasteiger partial charge >= 0.3 is 0 Å². The molecule has 1 saturated carbocycles. The molecule has 1 heteroatoms. The van der Waals surface area contributed by atoms with E-state index in [1.54, 1.807) is 0 Å². The van der Waals surface area contributed by atoms with Gasteiger partial charge < -0.3 is 0 Å². The number of thiol groups is 1. The summed E-state index contributed by atoms with van der Waals surface area (Å²) in [5.41, 5.74) is 4.96. The summed E-state index contributed by atoms with van der Waals surface area (Å²) in [5.74, 6) is 0.719. The van der Waals surface area contributed by atoms with Gasteiger partial charge in [0, 0.05) is 10.3 Å². The maximum Gasteiger partial charge on any atom is 0.0210 e. The quantitative estimate of drug-likeness (QED) is 0.526. The summed E-state index contributed by atoms with van der Waals surface area (Å²) in [6, 6.07) is 18.4. The summed E-state index contributed by atoms with van der Waals surface area (Å²) in [6.45, 7) is 14.2. The van der Waals surface area contributed by atoms with Crippen molar-refractivity contribution in [1.82, 2.24) is 0 Å². The van der Waals surface area contributed by atoms with Crippen molar-refractivity contribution in [2.24, 2.45) is 11.3 Å². The van der Waals surface area contributed by atoms with Crippen molar-refractivity contribution in [2.45, 2.75) is 76.5 Å². The van der Waals surface area contributed by atoms with Crippen LogP contribution < -0.4 is 0 Å². The number of hydrogen-bond acceptors (Lipinski definition) is 1. The first kappa shape index (κ1) is 19.5. The Morgan fingerprint density at radius 2 is 1.35 bits per heavy atom. The molecule has 1 aliphatic carbocycles. The fourth-order valence-electron chi connectivity index (χ4n) is 5.25. The Morgan fingerprint density at radius 3 is 1.81 bits per heavy atom. The molecule has 1 fully saturated rings. The second-order valence-corrected chi connectivity index (χ2v) is 10.8. The summed E-state index contributed by atoms with van der Waals surface area (Å²) >= 11 is 4.51. The molecule has 0 N–H and O–H groups in total.